The van der Waals surface area contributed by atoms with Gasteiger partial charge >= 0.3 is 17.9 Å². The van der Waals surface area contributed by atoms with Gasteiger partial charge in [0.1, 0.15) is 11.1 Å². The summed E-state index contributed by atoms with van der Waals surface area (Å²) in [7, 11) is -1.77. The average Bonchev–Trinajstić information content (AvgIpc) is 3.35. The molecule has 4 heterocycles. The lowest BCUT2D eigenvalue weighted by molar-refractivity contribution is -0.220. The Labute approximate surface area is 209 Å². The molecule has 0 saturated carbocycles. The van der Waals surface area contributed by atoms with E-state index in [2.05, 4.69) is 10.1 Å². The van der Waals surface area contributed by atoms with Crippen LogP contribution in [0, 0.1) is 17.8 Å². The average molecular weight is 543 g/mol. The molecule has 4 rings (SSSR count). The molecule has 0 spiro atoms. The number of ether oxygens (including phenoxy) is 1. The first kappa shape index (κ1) is 25.7. The zero-order valence-corrected chi connectivity index (χ0v) is 20.6. The topological polar surface area (TPSA) is 216 Å². The molecule has 3 saturated heterocycles. The number of ketones is 1. The van der Waals surface area contributed by atoms with Crippen molar-refractivity contribution >= 4 is 62.6 Å². The maximum Gasteiger partial charge on any atom is 0.370 e. The van der Waals surface area contributed by atoms with E-state index >= 15 is 0 Å². The van der Waals surface area contributed by atoms with Gasteiger partial charge in [-0.25, -0.2) is 14.6 Å². The second-order valence-electron chi connectivity index (χ2n) is 8.88. The third-order valence-electron chi connectivity index (χ3n) is 6.23. The number of hydrogen-bond acceptors (Lipinski definition) is 12. The summed E-state index contributed by atoms with van der Waals surface area (Å²) >= 11 is 0.992. The Morgan fingerprint density at radius 3 is 2.64 bits per heavy atom. The van der Waals surface area contributed by atoms with Gasteiger partial charge in [-0.1, -0.05) is 19.0 Å². The van der Waals surface area contributed by atoms with Crippen LogP contribution in [0.2, 0.25) is 0 Å². The summed E-state index contributed by atoms with van der Waals surface area (Å²) in [4.78, 5) is 71.6. The van der Waals surface area contributed by atoms with E-state index in [1.807, 2.05) is 0 Å². The number of nitrogens with zero attached hydrogens (tertiary/aromatic N) is 3. The molecule has 194 valence electrons. The van der Waals surface area contributed by atoms with Gasteiger partial charge in [0.05, 0.1) is 18.3 Å². The minimum Gasteiger partial charge on any atom is -0.478 e. The molecule has 0 aromatic carbocycles. The highest BCUT2D eigenvalue weighted by Crippen LogP contribution is 2.50. The van der Waals surface area contributed by atoms with E-state index in [0.29, 0.717) is 0 Å². The number of rotatable bonds is 9. The number of fused-ring (bicyclic) bond motifs is 3. The molecular formula is C20H22N4O10S2. The Morgan fingerprint density at radius 1 is 1.39 bits per heavy atom. The molecule has 0 aliphatic carbocycles. The predicted molar refractivity (Wildman–Crippen MR) is 122 cm³/mol. The normalized spacial score (nSPS) is 30.2. The highest BCUT2D eigenvalue weighted by atomic mass is 32.2. The van der Waals surface area contributed by atoms with Gasteiger partial charge in [0, 0.05) is 34.3 Å². The van der Waals surface area contributed by atoms with Crippen LogP contribution in [0.5, 0.6) is 0 Å². The van der Waals surface area contributed by atoms with Crippen molar-refractivity contribution in [3.05, 3.63) is 11.1 Å². The molecule has 0 unspecified atom stereocenters. The molecule has 1 aromatic heterocycles. The highest BCUT2D eigenvalue weighted by molar-refractivity contribution is 7.85. The fraction of sp³-hybridized carbons (Fsp3) is 0.550. The van der Waals surface area contributed by atoms with Gasteiger partial charge in [0.15, 0.2) is 16.6 Å². The summed E-state index contributed by atoms with van der Waals surface area (Å²) in [5, 5.41) is 23.2. The number of esters is 1. The molecule has 36 heavy (non-hydrogen) atoms. The minimum absolute atomic E-state index is 0.00409. The molecule has 3 fully saturated rings. The smallest absolute Gasteiger partial charge is 0.370 e. The molecule has 3 aliphatic heterocycles. The van der Waals surface area contributed by atoms with Gasteiger partial charge in [-0.2, -0.15) is 0 Å². The van der Waals surface area contributed by atoms with E-state index in [1.54, 1.807) is 13.8 Å². The Balaban J connectivity index is 1.61. The number of nitrogens with two attached hydrogens (primary N) is 1. The van der Waals surface area contributed by atoms with Gasteiger partial charge in [-0.15, -0.1) is 11.3 Å². The van der Waals surface area contributed by atoms with Crippen LogP contribution in [0.4, 0.5) is 5.13 Å². The van der Waals surface area contributed by atoms with Crippen LogP contribution in [0.25, 0.3) is 0 Å². The van der Waals surface area contributed by atoms with Crippen LogP contribution in [0.3, 0.4) is 0 Å². The Kier molecular flexibility index (Phi) is 6.59. The largest absolute Gasteiger partial charge is 0.478 e. The standard InChI is InChI=1S/C20H22N4O10S2/c1-7(2)14(17(28)29)34-23-13(10-5-35-19(21)22-10)11(25)4-9-15(27)24-16(9)36(32)6-8-3-12(26)33-20(8,24)18(30)31/h5,7-9,14,16H,3-4,6H2,1-2H3,(H2,21,22)(H,28,29)(H,30,31)/b23-13-/t8-,9+,14+,16+,20+,36-/m0/s1. The molecule has 16 heteroatoms. The van der Waals surface area contributed by atoms with Crippen molar-refractivity contribution in [3.63, 3.8) is 0 Å². The zero-order valence-electron chi connectivity index (χ0n) is 19.0. The van der Waals surface area contributed by atoms with Crippen molar-refractivity contribution in [2.24, 2.45) is 22.9 Å². The molecule has 1 amide bonds. The minimum atomic E-state index is -2.26. The van der Waals surface area contributed by atoms with Crippen molar-refractivity contribution < 1.29 is 48.0 Å². The Morgan fingerprint density at radius 2 is 2.08 bits per heavy atom. The number of oxime groups is 1. The number of thiazole rings is 1. The zero-order chi connectivity index (χ0) is 26.5. The SMILES string of the molecule is CC(C)[C@@H](O/N=C(\C(=O)C[C@@H]1C(=O)N2[C@@H]1[S@@](=O)C[C@@H]1CC(=O)O[C@@]12C(=O)O)c1csc(N)n1)C(=O)O. The van der Waals surface area contributed by atoms with Gasteiger partial charge in [0.25, 0.3) is 5.72 Å². The molecule has 1 aromatic rings. The Hall–Kier alpha value is -3.40. The quantitative estimate of drug-likeness (QED) is 0.154. The summed E-state index contributed by atoms with van der Waals surface area (Å²) in [6.07, 6.45) is -2.21. The number of anilines is 1. The lowest BCUT2D eigenvalue weighted by Crippen LogP contribution is -2.78. The second-order valence-corrected chi connectivity index (χ2v) is 11.3. The summed E-state index contributed by atoms with van der Waals surface area (Å²) in [5.74, 6) is -8.13. The van der Waals surface area contributed by atoms with Crippen LogP contribution < -0.4 is 5.73 Å². The van der Waals surface area contributed by atoms with Crippen LogP contribution in [-0.2, 0) is 44.3 Å². The maximum atomic E-state index is 13.2. The second kappa shape index (κ2) is 9.24. The van der Waals surface area contributed by atoms with Crippen LogP contribution in [0.15, 0.2) is 10.5 Å². The van der Waals surface area contributed by atoms with E-state index in [0.717, 1.165) is 16.2 Å². The summed E-state index contributed by atoms with van der Waals surface area (Å²) in [6, 6.07) is 0. The van der Waals surface area contributed by atoms with Crippen LogP contribution >= 0.6 is 11.3 Å². The lowest BCUT2D eigenvalue weighted by Gasteiger charge is -2.56. The first-order chi connectivity index (χ1) is 16.9. The first-order valence-corrected chi connectivity index (χ1v) is 13.0. The monoisotopic (exact) mass is 542 g/mol. The van der Waals surface area contributed by atoms with E-state index in [-0.39, 0.29) is 28.7 Å². The van der Waals surface area contributed by atoms with E-state index in [4.69, 9.17) is 15.3 Å². The molecule has 3 aliphatic rings. The number of hydrogen-bond donors (Lipinski definition) is 3. The van der Waals surface area contributed by atoms with Gasteiger partial charge in [-0.05, 0) is 0 Å². The number of aliphatic carboxylic acids is 2. The number of carbonyl (C=O) groups excluding carboxylic acids is 3. The number of β-lactam (4-membered cyclic amide) rings is 1. The lowest BCUT2D eigenvalue weighted by atomic mass is 9.84. The van der Waals surface area contributed by atoms with Gasteiger partial charge in [0.2, 0.25) is 12.0 Å². The van der Waals surface area contributed by atoms with Crippen molar-refractivity contribution in [2.45, 2.75) is 43.9 Å². The number of nitrogen functional groups attached to an aromatic ring is 1. The number of carboxylic acids is 2. The van der Waals surface area contributed by atoms with E-state index in [9.17, 15) is 38.4 Å². The summed E-state index contributed by atoms with van der Waals surface area (Å²) in [6.45, 7) is 3.16. The number of Topliss-reactive ketones (excluding diaryl/α,β-unsaturated/α-hetero) is 1. The number of amides is 1. The third kappa shape index (κ3) is 4.03. The first-order valence-electron chi connectivity index (χ1n) is 10.7. The maximum absolute atomic E-state index is 13.2. The highest BCUT2D eigenvalue weighted by Gasteiger charge is 2.72. The molecule has 6 atom stereocenters. The van der Waals surface area contributed by atoms with Crippen molar-refractivity contribution in [3.8, 4) is 0 Å². The fourth-order valence-electron chi connectivity index (χ4n) is 4.53. The number of aromatic nitrogens is 1. The van der Waals surface area contributed by atoms with E-state index in [1.165, 1.54) is 5.38 Å². The molecule has 0 radical (unpaired) electrons. The van der Waals surface area contributed by atoms with Gasteiger partial charge in [-0.3, -0.25) is 23.5 Å². The van der Waals surface area contributed by atoms with Crippen molar-refractivity contribution in [2.75, 3.05) is 11.5 Å². The molecule has 4 N–H and O–H groups in total. The molecule has 14 nitrogen and oxygen atoms in total. The number of carbonyl (C=O) groups is 5. The molecule has 0 bridgehead atoms. The number of carboxylic acid groups (broad SMARTS) is 2. The summed E-state index contributed by atoms with van der Waals surface area (Å²) < 4.78 is 18.0. The third-order valence-corrected chi connectivity index (χ3v) is 8.71. The Bertz CT molecular complexity index is 1210. The van der Waals surface area contributed by atoms with Crippen LogP contribution in [-0.4, -0.2) is 82.6 Å². The van der Waals surface area contributed by atoms with Gasteiger partial charge < -0.3 is 25.5 Å². The van der Waals surface area contributed by atoms with Crippen LogP contribution in [0.1, 0.15) is 32.4 Å². The fourth-order valence-corrected chi connectivity index (χ4v) is 7.09. The van der Waals surface area contributed by atoms with E-state index < -0.39 is 81.8 Å². The van der Waals surface area contributed by atoms with Crippen molar-refractivity contribution in [1.29, 1.82) is 0 Å². The predicted octanol–water partition coefficient (Wildman–Crippen LogP) is -0.595. The van der Waals surface area contributed by atoms with Crippen molar-refractivity contribution in [1.82, 2.24) is 9.88 Å². The molecular weight excluding hydrogens is 520 g/mol. The summed E-state index contributed by atoms with van der Waals surface area (Å²) in [5.41, 5.74) is 2.99.